The Labute approximate surface area is 323 Å². The average molecular weight is 787 g/mol. The van der Waals surface area contributed by atoms with Crippen molar-refractivity contribution < 1.29 is 74.4 Å². The molecule has 3 saturated heterocycles. The Hall–Kier alpha value is -0.600. The topological polar surface area (TPSA) is 237 Å². The maximum atomic E-state index is 12.1. The minimum atomic E-state index is -1.51. The first kappa shape index (κ1) is 41.1. The van der Waals surface area contributed by atoms with Gasteiger partial charge in [0.05, 0.1) is 38.1 Å². The zero-order valence-electron chi connectivity index (χ0n) is 32.8. The van der Waals surface area contributed by atoms with Crippen molar-refractivity contribution >= 4 is 0 Å². The van der Waals surface area contributed by atoms with Gasteiger partial charge in [-0.05, 0) is 85.9 Å². The molecule has 8 fully saturated rings. The highest BCUT2D eigenvalue weighted by molar-refractivity contribution is 5.29. The molecule has 5 aliphatic carbocycles. The van der Waals surface area contributed by atoms with E-state index in [1.165, 1.54) is 0 Å². The Morgan fingerprint density at radius 3 is 2.07 bits per heavy atom. The Morgan fingerprint density at radius 1 is 0.800 bits per heavy atom. The molecule has 3 aliphatic heterocycles. The van der Waals surface area contributed by atoms with E-state index >= 15 is 0 Å². The van der Waals surface area contributed by atoms with Gasteiger partial charge in [-0.1, -0.05) is 27.7 Å². The van der Waals surface area contributed by atoms with Gasteiger partial charge in [0.2, 0.25) is 0 Å². The second kappa shape index (κ2) is 14.5. The molecule has 24 atom stereocenters. The lowest BCUT2D eigenvalue weighted by Crippen LogP contribution is -2.63. The van der Waals surface area contributed by atoms with E-state index in [0.29, 0.717) is 24.7 Å². The number of fused-ring (bicyclic) bond motifs is 6. The molecule has 0 amide bonds. The van der Waals surface area contributed by atoms with Gasteiger partial charge in [-0.2, -0.15) is 0 Å². The zero-order valence-corrected chi connectivity index (χ0v) is 32.8. The summed E-state index contributed by atoms with van der Waals surface area (Å²) in [5.41, 5.74) is -0.707. The first-order valence-electron chi connectivity index (χ1n) is 20.8. The number of aliphatic hydroxyl groups is 9. The molecule has 0 aromatic heterocycles. The smallest absolute Gasteiger partial charge is 0.186 e. The molecule has 15 heteroatoms. The van der Waals surface area contributed by atoms with E-state index < -0.39 is 91.9 Å². The number of hydrogen-bond donors (Lipinski definition) is 9. The van der Waals surface area contributed by atoms with E-state index in [1.807, 2.05) is 6.92 Å². The molecule has 1 spiro atoms. The number of aliphatic hydroxyl groups excluding tert-OH is 9. The molecule has 15 nitrogen and oxygen atoms in total. The second-order valence-electron chi connectivity index (χ2n) is 19.4. The van der Waals surface area contributed by atoms with Crippen molar-refractivity contribution in [3.8, 4) is 0 Å². The number of hydrogen-bond acceptors (Lipinski definition) is 15. The summed E-state index contributed by atoms with van der Waals surface area (Å²) in [5.74, 6) is 0.681. The largest absolute Gasteiger partial charge is 0.394 e. The highest BCUT2D eigenvalue weighted by Gasteiger charge is 2.81. The van der Waals surface area contributed by atoms with E-state index in [0.717, 1.165) is 38.5 Å². The molecule has 8 rings (SSSR count). The van der Waals surface area contributed by atoms with E-state index in [1.54, 1.807) is 7.11 Å². The molecule has 8 aliphatic rings. The van der Waals surface area contributed by atoms with Crippen LogP contribution in [0.4, 0.5) is 0 Å². The lowest BCUT2D eigenvalue weighted by molar-refractivity contribution is -0.327. The third-order valence-corrected chi connectivity index (χ3v) is 17.2. The number of methoxy groups -OCH3 is 1. The van der Waals surface area contributed by atoms with Gasteiger partial charge < -0.3 is 74.4 Å². The molecule has 0 bridgehead atoms. The molecular weight excluding hydrogens is 720 g/mol. The SMILES string of the molecule is COC1(CCC(C)COC2OC(CO)C(O)C(O)C2O)OC2CC3C4CC(O)C56CC5CC(OC5OC(CO)C(O)C(O)C5O)C6(C)C4CCC3(C)C2C1C. The molecule has 0 aromatic carbocycles. The minimum absolute atomic E-state index is 0.0105. The fourth-order valence-electron chi connectivity index (χ4n) is 14.1. The number of ether oxygens (including phenoxy) is 6. The Morgan fingerprint density at radius 2 is 1.44 bits per heavy atom. The summed E-state index contributed by atoms with van der Waals surface area (Å²) in [4.78, 5) is 0. The summed E-state index contributed by atoms with van der Waals surface area (Å²) < 4.78 is 37.1. The first-order valence-corrected chi connectivity index (χ1v) is 20.8. The van der Waals surface area contributed by atoms with Gasteiger partial charge in [0.15, 0.2) is 18.4 Å². The van der Waals surface area contributed by atoms with Gasteiger partial charge in [0.25, 0.3) is 0 Å². The second-order valence-corrected chi connectivity index (χ2v) is 19.4. The molecular formula is C40H66O15. The third kappa shape index (κ3) is 5.92. The van der Waals surface area contributed by atoms with Crippen LogP contribution in [0.3, 0.4) is 0 Å². The van der Waals surface area contributed by atoms with Crippen LogP contribution in [0.5, 0.6) is 0 Å². The van der Waals surface area contributed by atoms with Crippen LogP contribution in [-0.2, 0) is 28.4 Å². The highest BCUT2D eigenvalue weighted by Crippen LogP contribution is 2.82. The average Bonchev–Trinajstić information content (AvgIpc) is 3.61. The fraction of sp³-hybridized carbons (Fsp3) is 1.00. The van der Waals surface area contributed by atoms with E-state index in [-0.39, 0.29) is 59.2 Å². The van der Waals surface area contributed by atoms with Crippen LogP contribution in [0.15, 0.2) is 0 Å². The molecule has 5 saturated carbocycles. The van der Waals surface area contributed by atoms with Crippen molar-refractivity contribution in [1.82, 2.24) is 0 Å². The van der Waals surface area contributed by atoms with Crippen molar-refractivity contribution in [2.75, 3.05) is 26.9 Å². The Balaban J connectivity index is 0.943. The van der Waals surface area contributed by atoms with Crippen LogP contribution in [-0.4, -0.2) is 158 Å². The zero-order chi connectivity index (χ0) is 39.6. The molecule has 0 aromatic rings. The normalized spacial score (nSPS) is 58.7. The van der Waals surface area contributed by atoms with Crippen molar-refractivity contribution in [3.63, 3.8) is 0 Å². The quantitative estimate of drug-likeness (QED) is 0.130. The fourth-order valence-corrected chi connectivity index (χ4v) is 14.1. The van der Waals surface area contributed by atoms with E-state index in [9.17, 15) is 46.0 Å². The molecule has 3 heterocycles. The highest BCUT2D eigenvalue weighted by atomic mass is 16.7. The third-order valence-electron chi connectivity index (χ3n) is 17.2. The molecule has 316 valence electrons. The van der Waals surface area contributed by atoms with Gasteiger partial charge in [-0.25, -0.2) is 0 Å². The van der Waals surface area contributed by atoms with Gasteiger partial charge in [-0.3, -0.25) is 0 Å². The predicted octanol–water partition coefficient (Wildman–Crippen LogP) is -0.369. The maximum Gasteiger partial charge on any atom is 0.186 e. The molecule has 0 radical (unpaired) electrons. The predicted molar refractivity (Wildman–Crippen MR) is 190 cm³/mol. The van der Waals surface area contributed by atoms with E-state index in [4.69, 9.17) is 28.4 Å². The maximum absolute atomic E-state index is 12.1. The summed E-state index contributed by atoms with van der Waals surface area (Å²) >= 11 is 0. The van der Waals surface area contributed by atoms with Crippen molar-refractivity contribution in [2.24, 2.45) is 57.7 Å². The van der Waals surface area contributed by atoms with Gasteiger partial charge >= 0.3 is 0 Å². The molecule has 55 heavy (non-hydrogen) atoms. The monoisotopic (exact) mass is 786 g/mol. The van der Waals surface area contributed by atoms with Crippen LogP contribution in [0.1, 0.15) is 79.1 Å². The lowest BCUT2D eigenvalue weighted by Gasteiger charge is -2.62. The summed E-state index contributed by atoms with van der Waals surface area (Å²) in [6, 6.07) is 0. The van der Waals surface area contributed by atoms with Crippen LogP contribution < -0.4 is 0 Å². The summed E-state index contributed by atoms with van der Waals surface area (Å²) in [5, 5.41) is 93.8. The first-order chi connectivity index (χ1) is 26.0. The van der Waals surface area contributed by atoms with Gasteiger partial charge in [0, 0.05) is 30.3 Å². The molecule has 9 N–H and O–H groups in total. The Kier molecular flexibility index (Phi) is 10.9. The summed E-state index contributed by atoms with van der Waals surface area (Å²) in [6.45, 7) is 8.13. The lowest BCUT2D eigenvalue weighted by atomic mass is 9.44. The van der Waals surface area contributed by atoms with Crippen molar-refractivity contribution in [1.29, 1.82) is 0 Å². The van der Waals surface area contributed by atoms with Crippen molar-refractivity contribution in [2.45, 2.75) is 165 Å². The standard InChI is InChI=1S/C40H66O15/c1-17(16-51-35-33(48)31(46)29(44)24(14-41)52-35)6-9-40(50-5)18(2)28-23(55-40)12-22-20-11-26(43)39-13-19(39)10-27(38(39,4)21(20)7-8-37(22,28)3)54-36-34(49)32(47)30(45)25(15-42)53-36/h17-36,41-49H,6-16H2,1-5H3. The number of rotatable bonds is 11. The minimum Gasteiger partial charge on any atom is -0.394 e. The van der Waals surface area contributed by atoms with Gasteiger partial charge in [0.1, 0.15) is 48.8 Å². The van der Waals surface area contributed by atoms with Crippen LogP contribution in [0.25, 0.3) is 0 Å². The van der Waals surface area contributed by atoms with Crippen molar-refractivity contribution in [3.05, 3.63) is 0 Å². The van der Waals surface area contributed by atoms with Gasteiger partial charge in [-0.15, -0.1) is 0 Å². The summed E-state index contributed by atoms with van der Waals surface area (Å²) in [7, 11) is 1.71. The van der Waals surface area contributed by atoms with Crippen LogP contribution in [0, 0.1) is 57.7 Å². The van der Waals surface area contributed by atoms with E-state index in [2.05, 4.69) is 20.8 Å². The Bertz CT molecular complexity index is 1390. The summed E-state index contributed by atoms with van der Waals surface area (Å²) in [6.07, 6.45) is -7.56. The van der Waals surface area contributed by atoms with Crippen LogP contribution in [0.2, 0.25) is 0 Å². The van der Waals surface area contributed by atoms with Crippen LogP contribution >= 0.6 is 0 Å². The molecule has 24 unspecified atom stereocenters.